The zero-order valence-corrected chi connectivity index (χ0v) is 13.2. The lowest BCUT2D eigenvalue weighted by atomic mass is 10.1. The maximum atomic E-state index is 4.68. The first-order chi connectivity index (χ1) is 9.90. The van der Waals surface area contributed by atoms with Crippen LogP contribution in [0.1, 0.15) is 57.6 Å². The Morgan fingerprint density at radius 2 is 1.80 bits per heavy atom. The summed E-state index contributed by atoms with van der Waals surface area (Å²) in [4.78, 5) is 9.03. The molecule has 0 fully saturated rings. The maximum Gasteiger partial charge on any atom is 0.142 e. The molecule has 0 spiro atoms. The van der Waals surface area contributed by atoms with E-state index in [-0.39, 0.29) is 0 Å². The minimum atomic E-state index is 0.989. The number of aryl methyl sites for hydroxylation is 1. The summed E-state index contributed by atoms with van der Waals surface area (Å²) in [6.07, 6.45) is 12.4. The lowest BCUT2D eigenvalue weighted by Gasteiger charge is -1.99. The molecule has 0 radical (unpaired) electrons. The Kier molecular flexibility index (Phi) is 6.72. The van der Waals surface area contributed by atoms with Gasteiger partial charge in [-0.3, -0.25) is 4.98 Å². The minimum absolute atomic E-state index is 0.989. The molecule has 3 heteroatoms. The van der Waals surface area contributed by atoms with E-state index in [4.69, 9.17) is 0 Å². The molecule has 0 bridgehead atoms. The maximum absolute atomic E-state index is 4.68. The van der Waals surface area contributed by atoms with Crippen molar-refractivity contribution < 1.29 is 0 Å². The van der Waals surface area contributed by atoms with Gasteiger partial charge in [-0.05, 0) is 25.0 Å². The third kappa shape index (κ3) is 5.04. The van der Waals surface area contributed by atoms with Crippen LogP contribution in [0.3, 0.4) is 0 Å². The molecule has 0 amide bonds. The summed E-state index contributed by atoms with van der Waals surface area (Å²) in [5.41, 5.74) is 2.22. The predicted molar refractivity (Wildman–Crippen MR) is 87.0 cm³/mol. The summed E-state index contributed by atoms with van der Waals surface area (Å²) >= 11 is 1.70. The fourth-order valence-electron chi connectivity index (χ4n) is 2.29. The third-order valence-corrected chi connectivity index (χ3v) is 4.39. The monoisotopic (exact) mass is 288 g/mol. The molecule has 0 saturated carbocycles. The number of rotatable bonds is 9. The molecule has 0 unspecified atom stereocenters. The van der Waals surface area contributed by atoms with Crippen molar-refractivity contribution in [2.75, 3.05) is 0 Å². The number of aromatic nitrogens is 2. The van der Waals surface area contributed by atoms with Crippen molar-refractivity contribution in [1.82, 2.24) is 9.97 Å². The van der Waals surface area contributed by atoms with Crippen molar-refractivity contribution in [3.8, 4) is 10.7 Å². The number of nitrogens with zero attached hydrogens (tertiary/aromatic N) is 2. The van der Waals surface area contributed by atoms with Crippen molar-refractivity contribution in [2.45, 2.75) is 58.3 Å². The van der Waals surface area contributed by atoms with Gasteiger partial charge >= 0.3 is 0 Å². The van der Waals surface area contributed by atoms with Gasteiger partial charge in [-0.15, -0.1) is 11.3 Å². The van der Waals surface area contributed by atoms with E-state index in [0.717, 1.165) is 17.1 Å². The van der Waals surface area contributed by atoms with Crippen LogP contribution in [0.4, 0.5) is 0 Å². The molecule has 2 rings (SSSR count). The molecule has 108 valence electrons. The lowest BCUT2D eigenvalue weighted by molar-refractivity contribution is 0.588. The number of thiazole rings is 1. The van der Waals surface area contributed by atoms with Crippen LogP contribution in [0, 0.1) is 0 Å². The lowest BCUT2D eigenvalue weighted by Crippen LogP contribution is -1.88. The first-order valence-electron chi connectivity index (χ1n) is 7.76. The first-order valence-corrected chi connectivity index (χ1v) is 8.64. The summed E-state index contributed by atoms with van der Waals surface area (Å²) in [7, 11) is 0. The summed E-state index contributed by atoms with van der Waals surface area (Å²) in [6.45, 7) is 2.27. The van der Waals surface area contributed by atoms with E-state index in [1.165, 1.54) is 50.6 Å². The van der Waals surface area contributed by atoms with Crippen LogP contribution < -0.4 is 0 Å². The zero-order valence-electron chi connectivity index (χ0n) is 12.3. The highest BCUT2D eigenvalue weighted by Gasteiger charge is 2.05. The van der Waals surface area contributed by atoms with Gasteiger partial charge in [0, 0.05) is 11.6 Å². The second-order valence-electron chi connectivity index (χ2n) is 5.23. The topological polar surface area (TPSA) is 25.8 Å². The smallest absolute Gasteiger partial charge is 0.142 e. The highest BCUT2D eigenvalue weighted by atomic mass is 32.1. The Bertz CT molecular complexity index is 479. The van der Waals surface area contributed by atoms with Gasteiger partial charge in [-0.25, -0.2) is 4.98 Å². The van der Waals surface area contributed by atoms with Crippen molar-refractivity contribution >= 4 is 11.3 Å². The summed E-state index contributed by atoms with van der Waals surface area (Å²) in [5.74, 6) is 0. The number of unbranched alkanes of at least 4 members (excludes halogenated alkanes) is 6. The van der Waals surface area contributed by atoms with E-state index in [1.807, 2.05) is 24.4 Å². The number of hydrogen-bond donors (Lipinski definition) is 0. The molecule has 0 aromatic carbocycles. The molecule has 0 saturated heterocycles. The Hall–Kier alpha value is -1.22. The molecule has 20 heavy (non-hydrogen) atoms. The average molecular weight is 288 g/mol. The van der Waals surface area contributed by atoms with Crippen LogP contribution in [0.25, 0.3) is 10.7 Å². The molecular formula is C17H24N2S. The van der Waals surface area contributed by atoms with Crippen LogP contribution in [0.15, 0.2) is 29.8 Å². The first kappa shape index (κ1) is 15.2. The molecule has 2 aromatic rings. The Morgan fingerprint density at radius 3 is 2.55 bits per heavy atom. The normalized spacial score (nSPS) is 10.8. The van der Waals surface area contributed by atoms with Gasteiger partial charge in [0.05, 0.1) is 11.4 Å². The molecule has 2 nitrogen and oxygen atoms in total. The molecule has 0 aliphatic carbocycles. The van der Waals surface area contributed by atoms with Crippen LogP contribution in [0.2, 0.25) is 0 Å². The molecule has 0 aliphatic rings. The van der Waals surface area contributed by atoms with E-state index in [9.17, 15) is 0 Å². The van der Waals surface area contributed by atoms with Gasteiger partial charge in [0.2, 0.25) is 0 Å². The van der Waals surface area contributed by atoms with Crippen molar-refractivity contribution in [1.29, 1.82) is 0 Å². The fourth-order valence-corrected chi connectivity index (χ4v) is 3.12. The predicted octanol–water partition coefficient (Wildman–Crippen LogP) is 5.50. The Morgan fingerprint density at radius 1 is 1.00 bits per heavy atom. The Labute approximate surface area is 126 Å². The van der Waals surface area contributed by atoms with Gasteiger partial charge in [0.15, 0.2) is 0 Å². The van der Waals surface area contributed by atoms with Gasteiger partial charge < -0.3 is 0 Å². The second-order valence-corrected chi connectivity index (χ2v) is 6.09. The largest absolute Gasteiger partial charge is 0.254 e. The quantitative estimate of drug-likeness (QED) is 0.569. The third-order valence-electron chi connectivity index (χ3n) is 3.47. The average Bonchev–Trinajstić information content (AvgIpc) is 2.96. The van der Waals surface area contributed by atoms with E-state index >= 15 is 0 Å². The molecule has 2 heterocycles. The molecule has 0 atom stereocenters. The molecule has 0 aliphatic heterocycles. The zero-order chi connectivity index (χ0) is 14.0. The summed E-state index contributed by atoms with van der Waals surface area (Å²) in [5, 5.41) is 3.23. The standard InChI is InChI=1S/C17H24N2S/c1-2-3-4-5-6-7-8-11-15-14-20-17(19-15)16-12-9-10-13-18-16/h9-10,12-14H,2-8,11H2,1H3. The molecule has 0 N–H and O–H groups in total. The van der Waals surface area contributed by atoms with E-state index in [2.05, 4.69) is 22.3 Å². The highest BCUT2D eigenvalue weighted by molar-refractivity contribution is 7.13. The van der Waals surface area contributed by atoms with Crippen LogP contribution in [-0.4, -0.2) is 9.97 Å². The van der Waals surface area contributed by atoms with Crippen molar-refractivity contribution in [3.05, 3.63) is 35.5 Å². The van der Waals surface area contributed by atoms with Crippen molar-refractivity contribution in [2.24, 2.45) is 0 Å². The second kappa shape index (κ2) is 8.85. The SMILES string of the molecule is CCCCCCCCCc1csc(-c2ccccn2)n1. The van der Waals surface area contributed by atoms with Crippen LogP contribution >= 0.6 is 11.3 Å². The number of pyridine rings is 1. The van der Waals surface area contributed by atoms with Gasteiger partial charge in [0.25, 0.3) is 0 Å². The minimum Gasteiger partial charge on any atom is -0.254 e. The fraction of sp³-hybridized carbons (Fsp3) is 0.529. The van der Waals surface area contributed by atoms with Gasteiger partial charge in [-0.1, -0.05) is 51.5 Å². The number of hydrogen-bond acceptors (Lipinski definition) is 3. The van der Waals surface area contributed by atoms with E-state index in [1.54, 1.807) is 11.3 Å². The van der Waals surface area contributed by atoms with E-state index in [0.29, 0.717) is 0 Å². The molecule has 2 aromatic heterocycles. The Balaban J connectivity index is 1.69. The molecular weight excluding hydrogens is 264 g/mol. The van der Waals surface area contributed by atoms with Crippen molar-refractivity contribution in [3.63, 3.8) is 0 Å². The van der Waals surface area contributed by atoms with Gasteiger partial charge in [0.1, 0.15) is 5.01 Å². The highest BCUT2D eigenvalue weighted by Crippen LogP contribution is 2.22. The van der Waals surface area contributed by atoms with Crippen LogP contribution in [-0.2, 0) is 6.42 Å². The summed E-state index contributed by atoms with van der Waals surface area (Å²) < 4.78 is 0. The summed E-state index contributed by atoms with van der Waals surface area (Å²) in [6, 6.07) is 5.98. The van der Waals surface area contributed by atoms with E-state index < -0.39 is 0 Å². The van der Waals surface area contributed by atoms with Gasteiger partial charge in [-0.2, -0.15) is 0 Å². The van der Waals surface area contributed by atoms with Crippen LogP contribution in [0.5, 0.6) is 0 Å².